The lowest BCUT2D eigenvalue weighted by molar-refractivity contribution is 0.0617. The average Bonchev–Trinajstić information content (AvgIpc) is 2.35. The van der Waals surface area contributed by atoms with Crippen LogP contribution in [0.3, 0.4) is 0 Å². The van der Waals surface area contributed by atoms with Gasteiger partial charge in [-0.3, -0.25) is 4.90 Å². The number of hydrogen-bond acceptors (Lipinski definition) is 3. The first-order valence-electron chi connectivity index (χ1n) is 6.58. The molecule has 1 fully saturated rings. The SMILES string of the molecule is CCC1CCCC(CN)(N(C)CCSC)C1. The summed E-state index contributed by atoms with van der Waals surface area (Å²) in [5.74, 6) is 2.11. The van der Waals surface area contributed by atoms with Crippen LogP contribution in [0.1, 0.15) is 39.0 Å². The van der Waals surface area contributed by atoms with E-state index in [1.165, 1.54) is 44.4 Å². The summed E-state index contributed by atoms with van der Waals surface area (Å²) in [5.41, 5.74) is 6.38. The van der Waals surface area contributed by atoms with Gasteiger partial charge in [0.1, 0.15) is 0 Å². The van der Waals surface area contributed by atoms with E-state index < -0.39 is 0 Å². The maximum atomic E-state index is 6.08. The van der Waals surface area contributed by atoms with Gasteiger partial charge in [-0.05, 0) is 32.1 Å². The van der Waals surface area contributed by atoms with Crippen LogP contribution in [0, 0.1) is 5.92 Å². The molecule has 1 aliphatic carbocycles. The topological polar surface area (TPSA) is 29.3 Å². The molecule has 1 rings (SSSR count). The monoisotopic (exact) mass is 244 g/mol. The molecule has 0 aromatic heterocycles. The van der Waals surface area contributed by atoms with Crippen molar-refractivity contribution in [3.8, 4) is 0 Å². The van der Waals surface area contributed by atoms with Gasteiger partial charge in [0.25, 0.3) is 0 Å². The zero-order chi connectivity index (χ0) is 12.0. The van der Waals surface area contributed by atoms with Crippen LogP contribution < -0.4 is 5.73 Å². The average molecular weight is 244 g/mol. The standard InChI is InChI=1S/C13H28N2S/c1-4-12-6-5-7-13(10-12,11-14)15(2)8-9-16-3/h12H,4-11,14H2,1-3H3. The van der Waals surface area contributed by atoms with Crippen molar-refractivity contribution in [2.24, 2.45) is 11.7 Å². The van der Waals surface area contributed by atoms with Gasteiger partial charge in [0.05, 0.1) is 0 Å². The van der Waals surface area contributed by atoms with Crippen LogP contribution in [0.25, 0.3) is 0 Å². The second-order valence-corrected chi connectivity index (χ2v) is 6.20. The highest BCUT2D eigenvalue weighted by Gasteiger charge is 2.37. The summed E-state index contributed by atoms with van der Waals surface area (Å²) in [4.78, 5) is 2.53. The fraction of sp³-hybridized carbons (Fsp3) is 1.00. The Morgan fingerprint density at radius 2 is 2.25 bits per heavy atom. The van der Waals surface area contributed by atoms with Crippen LogP contribution in [0.4, 0.5) is 0 Å². The van der Waals surface area contributed by atoms with E-state index in [1.54, 1.807) is 0 Å². The highest BCUT2D eigenvalue weighted by molar-refractivity contribution is 7.98. The third-order valence-corrected chi connectivity index (χ3v) is 4.91. The van der Waals surface area contributed by atoms with Crippen LogP contribution in [0.5, 0.6) is 0 Å². The molecule has 0 aromatic rings. The molecule has 1 aliphatic rings. The highest BCUT2D eigenvalue weighted by atomic mass is 32.2. The fourth-order valence-electron chi connectivity index (χ4n) is 2.96. The van der Waals surface area contributed by atoms with Gasteiger partial charge in [-0.1, -0.05) is 26.2 Å². The maximum Gasteiger partial charge on any atom is 0.0331 e. The Morgan fingerprint density at radius 3 is 2.81 bits per heavy atom. The minimum atomic E-state index is 0.300. The number of nitrogens with zero attached hydrogens (tertiary/aromatic N) is 1. The van der Waals surface area contributed by atoms with E-state index in [0.717, 1.165) is 12.5 Å². The molecule has 1 saturated carbocycles. The van der Waals surface area contributed by atoms with Crippen molar-refractivity contribution in [1.82, 2.24) is 4.90 Å². The van der Waals surface area contributed by atoms with Crippen molar-refractivity contribution in [3.63, 3.8) is 0 Å². The van der Waals surface area contributed by atoms with E-state index in [9.17, 15) is 0 Å². The van der Waals surface area contributed by atoms with Gasteiger partial charge in [-0.2, -0.15) is 11.8 Å². The van der Waals surface area contributed by atoms with Crippen molar-refractivity contribution < 1.29 is 0 Å². The second kappa shape index (κ2) is 6.87. The Labute approximate surface area is 105 Å². The molecule has 96 valence electrons. The minimum absolute atomic E-state index is 0.300. The summed E-state index contributed by atoms with van der Waals surface area (Å²) in [6.45, 7) is 4.32. The Morgan fingerprint density at radius 1 is 1.50 bits per heavy atom. The predicted octanol–water partition coefficient (Wildman–Crippen LogP) is 2.58. The highest BCUT2D eigenvalue weighted by Crippen LogP contribution is 2.37. The molecule has 0 aliphatic heterocycles. The molecule has 2 nitrogen and oxygen atoms in total. The summed E-state index contributed by atoms with van der Waals surface area (Å²) in [7, 11) is 2.26. The molecule has 0 heterocycles. The Hall–Kier alpha value is 0.270. The second-order valence-electron chi connectivity index (χ2n) is 5.21. The van der Waals surface area contributed by atoms with Gasteiger partial charge >= 0.3 is 0 Å². The van der Waals surface area contributed by atoms with Crippen molar-refractivity contribution in [3.05, 3.63) is 0 Å². The van der Waals surface area contributed by atoms with Gasteiger partial charge in [-0.25, -0.2) is 0 Å². The number of thioether (sulfide) groups is 1. The van der Waals surface area contributed by atoms with Crippen LogP contribution in [0.2, 0.25) is 0 Å². The lowest BCUT2D eigenvalue weighted by atomic mass is 9.74. The van der Waals surface area contributed by atoms with E-state index in [0.29, 0.717) is 5.54 Å². The molecule has 2 N–H and O–H groups in total. The van der Waals surface area contributed by atoms with E-state index in [2.05, 4.69) is 25.1 Å². The van der Waals surface area contributed by atoms with Gasteiger partial charge in [0.15, 0.2) is 0 Å². The summed E-state index contributed by atoms with van der Waals surface area (Å²) in [6.07, 6.45) is 8.88. The van der Waals surface area contributed by atoms with E-state index in [4.69, 9.17) is 5.73 Å². The van der Waals surface area contributed by atoms with Crippen molar-refractivity contribution in [2.45, 2.75) is 44.6 Å². The molecule has 0 aromatic carbocycles. The normalized spacial score (nSPS) is 30.9. The van der Waals surface area contributed by atoms with Crippen LogP contribution >= 0.6 is 11.8 Å². The Kier molecular flexibility index (Phi) is 6.16. The van der Waals surface area contributed by atoms with E-state index in [1.807, 2.05) is 11.8 Å². The Balaban J connectivity index is 2.60. The molecule has 0 bridgehead atoms. The lowest BCUT2D eigenvalue weighted by Crippen LogP contribution is -2.55. The van der Waals surface area contributed by atoms with E-state index >= 15 is 0 Å². The zero-order valence-electron chi connectivity index (χ0n) is 11.2. The number of nitrogens with two attached hydrogens (primary N) is 1. The molecule has 3 heteroatoms. The molecule has 0 saturated heterocycles. The third kappa shape index (κ3) is 3.38. The maximum absolute atomic E-state index is 6.08. The third-order valence-electron chi connectivity index (χ3n) is 4.32. The molecule has 2 unspecified atom stereocenters. The molecule has 0 radical (unpaired) electrons. The predicted molar refractivity (Wildman–Crippen MR) is 75.0 cm³/mol. The van der Waals surface area contributed by atoms with Gasteiger partial charge in [0.2, 0.25) is 0 Å². The van der Waals surface area contributed by atoms with Crippen molar-refractivity contribution in [2.75, 3.05) is 32.1 Å². The van der Waals surface area contributed by atoms with E-state index in [-0.39, 0.29) is 0 Å². The summed E-state index contributed by atoms with van der Waals surface area (Å²) < 4.78 is 0. The fourth-order valence-corrected chi connectivity index (χ4v) is 3.42. The zero-order valence-corrected chi connectivity index (χ0v) is 12.0. The molecule has 2 atom stereocenters. The summed E-state index contributed by atoms with van der Waals surface area (Å²) in [5, 5.41) is 0. The van der Waals surface area contributed by atoms with Crippen LogP contribution in [-0.2, 0) is 0 Å². The summed E-state index contributed by atoms with van der Waals surface area (Å²) >= 11 is 1.93. The molecule has 16 heavy (non-hydrogen) atoms. The first kappa shape index (κ1) is 14.3. The molecular weight excluding hydrogens is 216 g/mol. The number of likely N-dealkylation sites (N-methyl/N-ethyl adjacent to an activating group) is 1. The number of hydrogen-bond donors (Lipinski definition) is 1. The van der Waals surface area contributed by atoms with Crippen molar-refractivity contribution >= 4 is 11.8 Å². The van der Waals surface area contributed by atoms with Gasteiger partial charge < -0.3 is 5.73 Å². The lowest BCUT2D eigenvalue weighted by Gasteiger charge is -2.46. The summed E-state index contributed by atoms with van der Waals surface area (Å²) in [6, 6.07) is 0. The van der Waals surface area contributed by atoms with Gasteiger partial charge in [-0.15, -0.1) is 0 Å². The van der Waals surface area contributed by atoms with Crippen molar-refractivity contribution in [1.29, 1.82) is 0 Å². The van der Waals surface area contributed by atoms with Crippen LogP contribution in [-0.4, -0.2) is 42.6 Å². The molecule has 0 spiro atoms. The first-order valence-corrected chi connectivity index (χ1v) is 7.98. The smallest absolute Gasteiger partial charge is 0.0331 e. The minimum Gasteiger partial charge on any atom is -0.329 e. The first-order chi connectivity index (χ1) is 7.68. The Bertz CT molecular complexity index is 198. The largest absolute Gasteiger partial charge is 0.329 e. The molecule has 0 amide bonds. The van der Waals surface area contributed by atoms with Crippen LogP contribution in [0.15, 0.2) is 0 Å². The quantitative estimate of drug-likeness (QED) is 0.779. The van der Waals surface area contributed by atoms with Gasteiger partial charge in [0, 0.05) is 24.4 Å². The number of rotatable bonds is 6. The molecular formula is C13H28N2S.